The van der Waals surface area contributed by atoms with Crippen LogP contribution in [0.4, 0.5) is 8.78 Å². The molecule has 0 bridgehead atoms. The first-order valence-corrected chi connectivity index (χ1v) is 6.17. The van der Waals surface area contributed by atoms with Crippen molar-refractivity contribution in [3.63, 3.8) is 0 Å². The van der Waals surface area contributed by atoms with Crippen LogP contribution in [0.3, 0.4) is 0 Å². The van der Waals surface area contributed by atoms with Gasteiger partial charge in [0.2, 0.25) is 0 Å². The fraction of sp³-hybridized carbons (Fsp3) is 0.417. The average Bonchev–Trinajstić information content (AvgIpc) is 2.75. The molecule has 1 aromatic rings. The van der Waals surface area contributed by atoms with Gasteiger partial charge in [0.15, 0.2) is 5.96 Å². The number of alkyl halides is 2. The Morgan fingerprint density at radius 1 is 1.50 bits per heavy atom. The van der Waals surface area contributed by atoms with Gasteiger partial charge < -0.3 is 15.0 Å². The molecule has 0 saturated heterocycles. The fourth-order valence-corrected chi connectivity index (χ4v) is 1.99. The molecule has 0 unspecified atom stereocenters. The van der Waals surface area contributed by atoms with E-state index in [0.717, 1.165) is 19.0 Å². The number of nitrogens with zero attached hydrogens (tertiary/aromatic N) is 2. The van der Waals surface area contributed by atoms with Crippen LogP contribution in [0.5, 0.6) is 5.75 Å². The zero-order valence-electron chi connectivity index (χ0n) is 10.8. The van der Waals surface area contributed by atoms with Crippen LogP contribution in [0.2, 0.25) is 5.02 Å². The van der Waals surface area contributed by atoms with E-state index in [4.69, 9.17) is 11.6 Å². The van der Waals surface area contributed by atoms with Crippen LogP contribution in [0, 0.1) is 0 Å². The van der Waals surface area contributed by atoms with Crippen LogP contribution < -0.4 is 10.1 Å². The van der Waals surface area contributed by atoms with Crippen molar-refractivity contribution in [2.45, 2.75) is 13.2 Å². The van der Waals surface area contributed by atoms with Gasteiger partial charge in [-0.05, 0) is 18.2 Å². The highest BCUT2D eigenvalue weighted by molar-refractivity contribution is 14.0. The lowest BCUT2D eigenvalue weighted by Crippen LogP contribution is -2.35. The first-order valence-electron chi connectivity index (χ1n) is 5.79. The summed E-state index contributed by atoms with van der Waals surface area (Å²) in [5, 5.41) is 3.55. The maximum Gasteiger partial charge on any atom is 0.387 e. The van der Waals surface area contributed by atoms with Crippen molar-refractivity contribution < 1.29 is 13.5 Å². The Balaban J connectivity index is 0.00000200. The Bertz CT molecular complexity index is 488. The number of benzene rings is 1. The van der Waals surface area contributed by atoms with E-state index in [1.165, 1.54) is 12.1 Å². The molecule has 4 nitrogen and oxygen atoms in total. The van der Waals surface area contributed by atoms with Crippen LogP contribution in [0.15, 0.2) is 23.2 Å². The summed E-state index contributed by atoms with van der Waals surface area (Å²) in [4.78, 5) is 6.21. The van der Waals surface area contributed by atoms with Crippen LogP contribution in [-0.4, -0.2) is 37.6 Å². The van der Waals surface area contributed by atoms with E-state index >= 15 is 0 Å². The smallest absolute Gasteiger partial charge is 0.387 e. The van der Waals surface area contributed by atoms with E-state index in [1.54, 1.807) is 6.07 Å². The van der Waals surface area contributed by atoms with E-state index in [1.807, 2.05) is 11.9 Å². The molecule has 0 atom stereocenters. The maximum atomic E-state index is 12.3. The lowest BCUT2D eigenvalue weighted by atomic mass is 10.2. The molecule has 0 fully saturated rings. The monoisotopic (exact) mass is 417 g/mol. The summed E-state index contributed by atoms with van der Waals surface area (Å²) in [6.45, 7) is -0.954. The number of halogens is 4. The minimum absolute atomic E-state index is 0. The molecule has 20 heavy (non-hydrogen) atoms. The Labute approximate surface area is 138 Å². The van der Waals surface area contributed by atoms with Crippen LogP contribution in [0.1, 0.15) is 5.56 Å². The predicted molar refractivity (Wildman–Crippen MR) is 85.3 cm³/mol. The Morgan fingerprint density at radius 2 is 2.25 bits per heavy atom. The molecule has 1 aromatic carbocycles. The molecule has 0 radical (unpaired) electrons. The lowest BCUT2D eigenvalue weighted by Gasteiger charge is -2.17. The van der Waals surface area contributed by atoms with Gasteiger partial charge >= 0.3 is 6.61 Å². The quantitative estimate of drug-likeness (QED) is 0.766. The molecule has 112 valence electrons. The molecule has 0 aliphatic carbocycles. The van der Waals surface area contributed by atoms with Gasteiger partial charge in [0.1, 0.15) is 5.75 Å². The molecule has 0 aromatic heterocycles. The zero-order chi connectivity index (χ0) is 13.8. The molecular weight excluding hydrogens is 403 g/mol. The summed E-state index contributed by atoms with van der Waals surface area (Å²) in [6, 6.07) is 4.55. The van der Waals surface area contributed by atoms with E-state index < -0.39 is 6.61 Å². The molecule has 1 N–H and O–H groups in total. The van der Waals surface area contributed by atoms with Crippen LogP contribution in [0.25, 0.3) is 0 Å². The second kappa shape index (κ2) is 7.82. The van der Waals surface area contributed by atoms with Gasteiger partial charge in [-0.3, -0.25) is 4.99 Å². The first-order chi connectivity index (χ1) is 9.06. The summed E-state index contributed by atoms with van der Waals surface area (Å²) in [7, 11) is 1.91. The predicted octanol–water partition coefficient (Wildman–Crippen LogP) is 2.95. The van der Waals surface area contributed by atoms with Gasteiger partial charge in [-0.15, -0.1) is 24.0 Å². The number of likely N-dealkylation sites (N-methyl/N-ethyl adjacent to an activating group) is 1. The van der Waals surface area contributed by atoms with Crippen LogP contribution in [-0.2, 0) is 6.54 Å². The number of aliphatic imine (C=N–C) groups is 1. The van der Waals surface area contributed by atoms with Crippen molar-refractivity contribution in [1.29, 1.82) is 0 Å². The number of rotatable bonds is 4. The summed E-state index contributed by atoms with van der Waals surface area (Å²) in [6.07, 6.45) is 0. The van der Waals surface area contributed by atoms with Gasteiger partial charge in [0.05, 0.1) is 6.54 Å². The Morgan fingerprint density at radius 3 is 2.85 bits per heavy atom. The summed E-state index contributed by atoms with van der Waals surface area (Å²) in [5.41, 5.74) is 0.566. The van der Waals surface area contributed by atoms with Crippen molar-refractivity contribution in [1.82, 2.24) is 10.2 Å². The van der Waals surface area contributed by atoms with Crippen molar-refractivity contribution in [3.05, 3.63) is 28.8 Å². The molecule has 0 saturated carbocycles. The minimum Gasteiger partial charge on any atom is -0.434 e. The van der Waals surface area contributed by atoms with E-state index in [9.17, 15) is 8.78 Å². The number of hydrogen-bond donors (Lipinski definition) is 1. The lowest BCUT2D eigenvalue weighted by molar-refractivity contribution is -0.0504. The molecule has 8 heteroatoms. The second-order valence-corrected chi connectivity index (χ2v) is 4.55. The third-order valence-electron chi connectivity index (χ3n) is 2.73. The zero-order valence-corrected chi connectivity index (χ0v) is 13.9. The van der Waals surface area contributed by atoms with Crippen molar-refractivity contribution in [2.75, 3.05) is 20.1 Å². The number of hydrogen-bond acceptors (Lipinski definition) is 4. The third kappa shape index (κ3) is 4.62. The highest BCUT2D eigenvalue weighted by atomic mass is 127. The topological polar surface area (TPSA) is 36.9 Å². The van der Waals surface area contributed by atoms with Gasteiger partial charge in [0.25, 0.3) is 0 Å². The van der Waals surface area contributed by atoms with Gasteiger partial charge in [-0.25, -0.2) is 0 Å². The second-order valence-electron chi connectivity index (χ2n) is 4.11. The molecule has 1 aliphatic rings. The van der Waals surface area contributed by atoms with Crippen molar-refractivity contribution >= 4 is 41.5 Å². The fourth-order valence-electron chi connectivity index (χ4n) is 1.79. The van der Waals surface area contributed by atoms with Gasteiger partial charge in [0, 0.05) is 30.7 Å². The number of nitrogens with one attached hydrogen (secondary N) is 1. The summed E-state index contributed by atoms with van der Waals surface area (Å²) < 4.78 is 29.1. The molecule has 2 rings (SSSR count). The summed E-state index contributed by atoms with van der Waals surface area (Å²) in [5.74, 6) is 0.858. The third-order valence-corrected chi connectivity index (χ3v) is 2.97. The van der Waals surface area contributed by atoms with Crippen molar-refractivity contribution in [3.8, 4) is 5.75 Å². The van der Waals surface area contributed by atoms with Crippen LogP contribution >= 0.6 is 35.6 Å². The molecular formula is C12H15ClF2IN3O. The van der Waals surface area contributed by atoms with Crippen molar-refractivity contribution in [2.24, 2.45) is 4.99 Å². The molecule has 1 aliphatic heterocycles. The maximum absolute atomic E-state index is 12.3. The number of guanidine groups is 1. The summed E-state index contributed by atoms with van der Waals surface area (Å²) >= 11 is 5.87. The normalized spacial score (nSPS) is 14.1. The Kier molecular flexibility index (Phi) is 6.74. The minimum atomic E-state index is -2.86. The van der Waals surface area contributed by atoms with Gasteiger partial charge in [-0.2, -0.15) is 8.78 Å². The highest BCUT2D eigenvalue weighted by Crippen LogP contribution is 2.24. The first kappa shape index (κ1) is 17.2. The molecule has 0 spiro atoms. The molecule has 0 amide bonds. The number of ether oxygens (including phenoxy) is 1. The Hall–Kier alpha value is -0.830. The van der Waals surface area contributed by atoms with E-state index in [0.29, 0.717) is 17.1 Å². The average molecular weight is 418 g/mol. The largest absolute Gasteiger partial charge is 0.434 e. The molecule has 1 heterocycles. The van der Waals surface area contributed by atoms with E-state index in [2.05, 4.69) is 15.0 Å². The van der Waals surface area contributed by atoms with Gasteiger partial charge in [-0.1, -0.05) is 11.6 Å². The highest BCUT2D eigenvalue weighted by Gasteiger charge is 2.14. The SMILES string of the molecule is CN1CCN=C1NCc1cc(Cl)ccc1OC(F)F.I. The standard InChI is InChI=1S/C12H14ClF2N3O.HI/c1-18-5-4-16-12(18)17-7-8-6-9(13)2-3-10(8)19-11(14)15;/h2-3,6,11H,4-5,7H2,1H3,(H,16,17);1H. The van der Waals surface area contributed by atoms with E-state index in [-0.39, 0.29) is 29.7 Å².